The summed E-state index contributed by atoms with van der Waals surface area (Å²) < 4.78 is 21.6. The van der Waals surface area contributed by atoms with Crippen molar-refractivity contribution in [3.8, 4) is 0 Å². The third kappa shape index (κ3) is 4.93. The monoisotopic (exact) mass is 440 g/mol. The number of carboxylic acid groups (broad SMARTS) is 1. The summed E-state index contributed by atoms with van der Waals surface area (Å²) in [5.41, 5.74) is 0. The lowest BCUT2D eigenvalue weighted by Gasteiger charge is -2.46. The zero-order chi connectivity index (χ0) is 22.8. The van der Waals surface area contributed by atoms with Gasteiger partial charge in [0.05, 0.1) is 31.5 Å². The van der Waals surface area contributed by atoms with Gasteiger partial charge in [0.25, 0.3) is 5.79 Å². The summed E-state index contributed by atoms with van der Waals surface area (Å²) in [7, 11) is 1.35. The fraction of sp³-hybridized carbons (Fsp3) is 0.944. The number of ether oxygens (including phenoxy) is 4. The van der Waals surface area contributed by atoms with Crippen molar-refractivity contribution in [3.63, 3.8) is 0 Å². The quantitative estimate of drug-likeness (QED) is 0.202. The Morgan fingerprint density at radius 3 is 2.33 bits per heavy atom. The second-order valence-electron chi connectivity index (χ2n) is 7.94. The van der Waals surface area contributed by atoms with Gasteiger partial charge in [-0.2, -0.15) is 0 Å². The van der Waals surface area contributed by atoms with E-state index in [1.807, 2.05) is 0 Å². The summed E-state index contributed by atoms with van der Waals surface area (Å²) in [5, 5.41) is 69.6. The summed E-state index contributed by atoms with van der Waals surface area (Å²) in [6.45, 7) is 1.76. The topological polar surface area (TPSA) is 196 Å². The van der Waals surface area contributed by atoms with Crippen molar-refractivity contribution >= 4 is 5.97 Å². The van der Waals surface area contributed by atoms with Crippen LogP contribution in [0.1, 0.15) is 20.3 Å². The molecule has 0 radical (unpaired) electrons. The van der Waals surface area contributed by atoms with Crippen LogP contribution in [0.25, 0.3) is 0 Å². The van der Waals surface area contributed by atoms with Crippen molar-refractivity contribution in [2.75, 3.05) is 20.3 Å². The van der Waals surface area contributed by atoms with Crippen molar-refractivity contribution in [2.24, 2.45) is 11.8 Å². The predicted octanol–water partition coefficient (Wildman–Crippen LogP) is -2.99. The van der Waals surface area contributed by atoms with Crippen LogP contribution in [0.5, 0.6) is 0 Å². The zero-order valence-electron chi connectivity index (χ0n) is 17.1. The highest BCUT2D eigenvalue weighted by Crippen LogP contribution is 2.37. The molecule has 0 saturated carbocycles. The average molecular weight is 440 g/mol. The summed E-state index contributed by atoms with van der Waals surface area (Å²) >= 11 is 0. The van der Waals surface area contributed by atoms with Crippen LogP contribution in [0.15, 0.2) is 0 Å². The van der Waals surface area contributed by atoms with Crippen molar-refractivity contribution in [2.45, 2.75) is 75.1 Å². The fourth-order valence-corrected chi connectivity index (χ4v) is 3.75. The maximum atomic E-state index is 12.0. The molecule has 0 aromatic carbocycles. The van der Waals surface area contributed by atoms with Gasteiger partial charge in [-0.15, -0.1) is 0 Å². The predicted molar refractivity (Wildman–Crippen MR) is 96.9 cm³/mol. The summed E-state index contributed by atoms with van der Waals surface area (Å²) in [4.78, 5) is 12.0. The molecule has 2 rings (SSSR count). The molecule has 0 aliphatic carbocycles. The Kier molecular flexibility index (Phi) is 8.55. The van der Waals surface area contributed by atoms with Crippen molar-refractivity contribution < 1.29 is 59.5 Å². The summed E-state index contributed by atoms with van der Waals surface area (Å²) in [6, 6.07) is 0. The van der Waals surface area contributed by atoms with Gasteiger partial charge < -0.3 is 54.7 Å². The molecule has 0 spiro atoms. The molecular weight excluding hydrogens is 408 g/mol. The Morgan fingerprint density at radius 2 is 1.80 bits per heavy atom. The van der Waals surface area contributed by atoms with E-state index in [4.69, 9.17) is 24.1 Å². The van der Waals surface area contributed by atoms with Gasteiger partial charge in [0.2, 0.25) is 0 Å². The number of aliphatic hydroxyl groups excluding tert-OH is 6. The maximum Gasteiger partial charge on any atom is 0.364 e. The van der Waals surface area contributed by atoms with Gasteiger partial charge in [-0.25, -0.2) is 4.79 Å². The SMILES string of the molecule is CO[C@@H]1OC(CO[C@]2(C(=O)O)C[C@@H](O)[C@@H](C)C([C@H](O)[C@H](O)CO)O2)[C@H](O)[C@H](O)C1C. The molecule has 12 heteroatoms. The lowest BCUT2D eigenvalue weighted by molar-refractivity contribution is -0.336. The van der Waals surface area contributed by atoms with Gasteiger partial charge in [0.15, 0.2) is 6.29 Å². The van der Waals surface area contributed by atoms with Crippen LogP contribution in [0.3, 0.4) is 0 Å². The van der Waals surface area contributed by atoms with E-state index in [0.717, 1.165) is 0 Å². The maximum absolute atomic E-state index is 12.0. The van der Waals surface area contributed by atoms with E-state index in [-0.39, 0.29) is 0 Å². The van der Waals surface area contributed by atoms with E-state index in [1.165, 1.54) is 14.0 Å². The van der Waals surface area contributed by atoms with E-state index < -0.39 is 92.2 Å². The Bertz CT molecular complexity index is 573. The molecule has 3 unspecified atom stereocenters. The highest BCUT2D eigenvalue weighted by molar-refractivity contribution is 5.76. The molecule has 0 bridgehead atoms. The normalized spacial score (nSPS) is 44.4. The molecule has 30 heavy (non-hydrogen) atoms. The molecule has 2 aliphatic rings. The van der Waals surface area contributed by atoms with Crippen LogP contribution in [-0.2, 0) is 23.7 Å². The largest absolute Gasteiger partial charge is 0.477 e. The number of rotatable bonds is 8. The number of carbonyl (C=O) groups is 1. The van der Waals surface area contributed by atoms with Crippen molar-refractivity contribution in [1.29, 1.82) is 0 Å². The summed E-state index contributed by atoms with van der Waals surface area (Å²) in [6.07, 6.45) is -11.1. The Hall–Kier alpha value is -0.930. The van der Waals surface area contributed by atoms with Crippen molar-refractivity contribution in [3.05, 3.63) is 0 Å². The number of hydrogen-bond acceptors (Lipinski definition) is 11. The van der Waals surface area contributed by atoms with Crippen LogP contribution in [0.2, 0.25) is 0 Å². The minimum Gasteiger partial charge on any atom is -0.477 e. The second-order valence-corrected chi connectivity index (χ2v) is 7.94. The first-order valence-corrected chi connectivity index (χ1v) is 9.73. The van der Waals surface area contributed by atoms with Crippen LogP contribution in [0.4, 0.5) is 0 Å². The minimum absolute atomic E-state index is 0.503. The lowest BCUT2D eigenvalue weighted by Crippen LogP contribution is -2.62. The van der Waals surface area contributed by atoms with Crippen LogP contribution < -0.4 is 0 Å². The molecular formula is C18H32O12. The molecule has 2 heterocycles. The van der Waals surface area contributed by atoms with E-state index >= 15 is 0 Å². The van der Waals surface area contributed by atoms with Crippen LogP contribution in [0, 0.1) is 11.8 Å². The number of hydrogen-bond donors (Lipinski definition) is 7. The van der Waals surface area contributed by atoms with Gasteiger partial charge >= 0.3 is 5.97 Å². The molecule has 0 aromatic rings. The first kappa shape index (κ1) is 25.3. The van der Waals surface area contributed by atoms with Gasteiger partial charge in [-0.1, -0.05) is 13.8 Å². The number of aliphatic hydroxyl groups is 6. The first-order chi connectivity index (χ1) is 14.0. The molecule has 0 aromatic heterocycles. The van der Waals surface area contributed by atoms with Crippen molar-refractivity contribution in [1.82, 2.24) is 0 Å². The van der Waals surface area contributed by atoms with E-state index in [1.54, 1.807) is 6.92 Å². The zero-order valence-corrected chi connectivity index (χ0v) is 17.1. The summed E-state index contributed by atoms with van der Waals surface area (Å²) in [5.74, 6) is -5.37. The van der Waals surface area contributed by atoms with E-state index in [2.05, 4.69) is 0 Å². The number of carboxylic acids is 1. The van der Waals surface area contributed by atoms with Gasteiger partial charge in [0, 0.05) is 25.4 Å². The first-order valence-electron chi connectivity index (χ1n) is 9.73. The molecule has 7 N–H and O–H groups in total. The Balaban J connectivity index is 2.20. The standard InChI is InChI=1S/C18H32O12/c1-7-9(20)4-18(17(25)26,30-15(7)13(23)10(21)5-19)28-6-11-14(24)12(22)8(2)16(27-3)29-11/h7-16,19-24H,4-6H2,1-3H3,(H,25,26)/t7-,8?,9-,10-,11?,12-,13-,14+,15?,16-,18-/m1/s1. The average Bonchev–Trinajstić information content (AvgIpc) is 2.72. The second kappa shape index (κ2) is 10.1. The fourth-order valence-electron chi connectivity index (χ4n) is 3.75. The molecule has 12 nitrogen and oxygen atoms in total. The van der Waals surface area contributed by atoms with Crippen LogP contribution in [-0.4, -0.2) is 117 Å². The lowest BCUT2D eigenvalue weighted by atomic mass is 9.84. The van der Waals surface area contributed by atoms with Gasteiger partial charge in [0.1, 0.15) is 24.4 Å². The van der Waals surface area contributed by atoms with E-state index in [9.17, 15) is 35.4 Å². The molecule has 2 saturated heterocycles. The number of methoxy groups -OCH3 is 1. The van der Waals surface area contributed by atoms with Gasteiger partial charge in [-0.3, -0.25) is 0 Å². The Morgan fingerprint density at radius 1 is 1.17 bits per heavy atom. The minimum atomic E-state index is -2.42. The number of aliphatic carboxylic acids is 1. The van der Waals surface area contributed by atoms with Gasteiger partial charge in [-0.05, 0) is 0 Å². The highest BCUT2D eigenvalue weighted by atomic mass is 16.7. The molecule has 0 amide bonds. The third-order valence-corrected chi connectivity index (χ3v) is 5.89. The molecule has 176 valence electrons. The Labute approximate surface area is 173 Å². The molecule has 11 atom stereocenters. The van der Waals surface area contributed by atoms with E-state index in [0.29, 0.717) is 0 Å². The third-order valence-electron chi connectivity index (χ3n) is 5.89. The smallest absolute Gasteiger partial charge is 0.364 e. The molecule has 2 fully saturated rings. The van der Waals surface area contributed by atoms with Crippen LogP contribution >= 0.6 is 0 Å². The molecule has 2 aliphatic heterocycles. The highest BCUT2D eigenvalue weighted by Gasteiger charge is 2.55.